The van der Waals surface area contributed by atoms with Crippen LogP contribution in [0.1, 0.15) is 31.5 Å². The number of benzene rings is 1. The first-order valence-electron chi connectivity index (χ1n) is 10.1. The van der Waals surface area contributed by atoms with Crippen LogP contribution < -0.4 is 15.4 Å². The van der Waals surface area contributed by atoms with Gasteiger partial charge in [-0.25, -0.2) is 14.4 Å². The molecule has 31 heavy (non-hydrogen) atoms. The second-order valence-electron chi connectivity index (χ2n) is 7.67. The van der Waals surface area contributed by atoms with Crippen molar-refractivity contribution in [3.8, 4) is 5.75 Å². The van der Waals surface area contributed by atoms with Crippen LogP contribution in [-0.2, 0) is 0 Å². The second-order valence-corrected chi connectivity index (χ2v) is 7.67. The zero-order chi connectivity index (χ0) is 22.0. The zero-order valence-electron chi connectivity index (χ0n) is 17.4. The lowest BCUT2D eigenvalue weighted by molar-refractivity contribution is 0.231. The Hall–Kier alpha value is -3.71. The molecule has 0 aliphatic carbocycles. The Morgan fingerprint density at radius 1 is 1.32 bits per heavy atom. The monoisotopic (exact) mass is 421 g/mol. The predicted molar refractivity (Wildman–Crippen MR) is 118 cm³/mol. The number of ether oxygens (including phenoxy) is 1. The highest BCUT2D eigenvalue weighted by atomic mass is 19.1. The van der Waals surface area contributed by atoms with Crippen molar-refractivity contribution in [2.45, 2.75) is 32.4 Å². The Morgan fingerprint density at radius 2 is 2.16 bits per heavy atom. The summed E-state index contributed by atoms with van der Waals surface area (Å²) < 4.78 is 19.7. The van der Waals surface area contributed by atoms with Gasteiger partial charge in [0.15, 0.2) is 11.6 Å². The van der Waals surface area contributed by atoms with Crippen LogP contribution in [0.4, 0.5) is 15.9 Å². The first-order chi connectivity index (χ1) is 14.9. The van der Waals surface area contributed by atoms with E-state index in [2.05, 4.69) is 25.7 Å². The number of aromatic nitrogens is 2. The van der Waals surface area contributed by atoms with Crippen molar-refractivity contribution in [2.24, 2.45) is 5.10 Å². The lowest BCUT2D eigenvalue weighted by atomic mass is 10.0. The number of halogens is 1. The Kier molecular flexibility index (Phi) is 5.68. The molecule has 3 N–H and O–H groups in total. The van der Waals surface area contributed by atoms with E-state index >= 15 is 0 Å². The van der Waals surface area contributed by atoms with Gasteiger partial charge in [0.2, 0.25) is 0 Å². The molecule has 1 unspecified atom stereocenters. The highest BCUT2D eigenvalue weighted by Gasteiger charge is 2.28. The maximum absolute atomic E-state index is 14.2. The Bertz CT molecular complexity index is 1090. The van der Waals surface area contributed by atoms with Crippen LogP contribution in [0.3, 0.4) is 0 Å². The normalized spacial score (nSPS) is 17.6. The van der Waals surface area contributed by atoms with E-state index in [1.807, 2.05) is 25.1 Å². The maximum atomic E-state index is 14.2. The first-order valence-corrected chi connectivity index (χ1v) is 10.1. The number of nitrogens with two attached hydrogens (primary N) is 1. The molecule has 0 saturated carbocycles. The average molecular weight is 421 g/mol. The second kappa shape index (κ2) is 8.57. The van der Waals surface area contributed by atoms with E-state index in [9.17, 15) is 4.39 Å². The summed E-state index contributed by atoms with van der Waals surface area (Å²) >= 11 is 0. The average Bonchev–Trinajstić information content (AvgIpc) is 3.26. The van der Waals surface area contributed by atoms with Crippen molar-refractivity contribution < 1.29 is 9.13 Å². The van der Waals surface area contributed by atoms with Gasteiger partial charge in [0.05, 0.1) is 36.0 Å². The molecule has 3 heterocycles. The highest BCUT2D eigenvalue weighted by molar-refractivity contribution is 6.13. The largest absolute Gasteiger partial charge is 0.488 e. The van der Waals surface area contributed by atoms with Crippen LogP contribution in [0.15, 0.2) is 47.6 Å². The summed E-state index contributed by atoms with van der Waals surface area (Å²) in [5, 5.41) is 14.9. The molecule has 8 nitrogen and oxygen atoms in total. The smallest absolute Gasteiger partial charge is 0.167 e. The lowest BCUT2D eigenvalue weighted by Gasteiger charge is -2.23. The van der Waals surface area contributed by atoms with E-state index in [0.717, 1.165) is 25.3 Å². The van der Waals surface area contributed by atoms with Crippen molar-refractivity contribution in [1.29, 1.82) is 5.41 Å². The predicted octanol–water partition coefficient (Wildman–Crippen LogP) is 2.95. The molecule has 1 aromatic heterocycles. The minimum absolute atomic E-state index is 0.0600. The third-order valence-electron chi connectivity index (χ3n) is 5.08. The summed E-state index contributed by atoms with van der Waals surface area (Å²) in [6.45, 7) is 5.16. The van der Waals surface area contributed by atoms with Crippen molar-refractivity contribution >= 4 is 23.4 Å². The molecule has 160 valence electrons. The molecule has 0 spiro atoms. The van der Waals surface area contributed by atoms with E-state index in [4.69, 9.17) is 15.9 Å². The summed E-state index contributed by atoms with van der Waals surface area (Å²) in [7, 11) is 0. The minimum atomic E-state index is -0.557. The number of rotatable bonds is 6. The number of allylic oxidation sites excluding steroid dienone is 1. The summed E-state index contributed by atoms with van der Waals surface area (Å²) in [5.41, 5.74) is 10.0. The van der Waals surface area contributed by atoms with Crippen molar-refractivity contribution in [3.63, 3.8) is 0 Å². The molecule has 9 heteroatoms. The van der Waals surface area contributed by atoms with Gasteiger partial charge in [-0.15, -0.1) is 0 Å². The quantitative estimate of drug-likeness (QED) is 0.422. The standard InChI is InChI=1S/C22H24FN7O/c1-14(2)31-20-9-16(18(24)10-17(20)23)22(25)19-11-21(27-13-26-19)29-8-5-15(12-29)30-7-4-3-6-28-30/h3,6-7,9-11,13-15,25H,5,8,12,24H2,1-2H3. The van der Waals surface area contributed by atoms with Crippen molar-refractivity contribution in [1.82, 2.24) is 15.0 Å². The minimum Gasteiger partial charge on any atom is -0.488 e. The molecule has 1 fully saturated rings. The van der Waals surface area contributed by atoms with Crippen LogP contribution in [0, 0.1) is 11.2 Å². The lowest BCUT2D eigenvalue weighted by Crippen LogP contribution is -2.31. The van der Waals surface area contributed by atoms with Crippen LogP contribution in [0.5, 0.6) is 5.75 Å². The number of nitrogens with zero attached hydrogens (tertiary/aromatic N) is 5. The first kappa shape index (κ1) is 20.6. The number of hydrogen-bond acceptors (Lipinski definition) is 8. The van der Waals surface area contributed by atoms with Crippen LogP contribution in [-0.4, -0.2) is 52.1 Å². The molecular formula is C22H24FN7O. The van der Waals surface area contributed by atoms with Crippen molar-refractivity contribution in [3.05, 3.63) is 59.6 Å². The third-order valence-corrected chi connectivity index (χ3v) is 5.08. The summed E-state index contributed by atoms with van der Waals surface area (Å²) in [6, 6.07) is 4.61. The van der Waals surface area contributed by atoms with E-state index in [0.29, 0.717) is 11.3 Å². The van der Waals surface area contributed by atoms with E-state index < -0.39 is 5.82 Å². The van der Waals surface area contributed by atoms with Crippen molar-refractivity contribution in [2.75, 3.05) is 23.7 Å². The van der Waals surface area contributed by atoms with Gasteiger partial charge in [-0.05, 0) is 26.3 Å². The molecule has 2 aliphatic rings. The topological polar surface area (TPSA) is 104 Å². The molecule has 1 saturated heterocycles. The molecule has 1 atom stereocenters. The number of anilines is 2. The molecule has 1 aromatic carbocycles. The molecule has 2 aromatic rings. The molecule has 4 rings (SSSR count). The van der Waals surface area contributed by atoms with E-state index in [-0.39, 0.29) is 29.3 Å². The van der Waals surface area contributed by atoms with Gasteiger partial charge in [-0.2, -0.15) is 5.10 Å². The summed E-state index contributed by atoms with van der Waals surface area (Å²) in [4.78, 5) is 10.8. The molecule has 0 bridgehead atoms. The van der Waals surface area contributed by atoms with Crippen LogP contribution in [0.2, 0.25) is 0 Å². The zero-order valence-corrected chi connectivity index (χ0v) is 17.4. The maximum Gasteiger partial charge on any atom is 0.167 e. The van der Waals surface area contributed by atoms with Crippen LogP contribution >= 0.6 is 0 Å². The van der Waals surface area contributed by atoms with E-state index in [1.54, 1.807) is 18.4 Å². The highest BCUT2D eigenvalue weighted by Crippen LogP contribution is 2.28. The van der Waals surface area contributed by atoms with Crippen LogP contribution in [0.25, 0.3) is 0 Å². The SMILES string of the molecule is CC(C)Oc1cc(C(=N)c2cc(N3CCC(N4C=C=CC=N4)C3)ncn2)c(N)cc1F. The Morgan fingerprint density at radius 3 is 2.90 bits per heavy atom. The van der Waals surface area contributed by atoms with Gasteiger partial charge in [0.1, 0.15) is 12.1 Å². The summed E-state index contributed by atoms with van der Waals surface area (Å²) in [6.07, 6.45) is 7.47. The van der Waals surface area contributed by atoms with Gasteiger partial charge >= 0.3 is 0 Å². The van der Waals surface area contributed by atoms with Gasteiger partial charge < -0.3 is 15.4 Å². The number of hydrogen-bond donors (Lipinski definition) is 2. The molecule has 0 radical (unpaired) electrons. The third kappa shape index (κ3) is 4.41. The van der Waals surface area contributed by atoms with Gasteiger partial charge in [0, 0.05) is 42.5 Å². The van der Waals surface area contributed by atoms with Gasteiger partial charge in [0.25, 0.3) is 0 Å². The molecular weight excluding hydrogens is 397 g/mol. The number of nitrogens with one attached hydrogen (secondary N) is 1. The van der Waals surface area contributed by atoms with Gasteiger partial charge in [-0.3, -0.25) is 10.4 Å². The van der Waals surface area contributed by atoms with Gasteiger partial charge in [-0.1, -0.05) is 5.73 Å². The fraction of sp³-hybridized carbons (Fsp3) is 0.318. The summed E-state index contributed by atoms with van der Waals surface area (Å²) in [5.74, 6) is 0.223. The molecule has 0 amide bonds. The molecule has 2 aliphatic heterocycles. The Balaban J connectivity index is 1.55. The number of nitrogen functional groups attached to an aromatic ring is 1. The van der Waals surface area contributed by atoms with E-state index in [1.165, 1.54) is 18.5 Å². The Labute approximate surface area is 180 Å². The fourth-order valence-corrected chi connectivity index (χ4v) is 3.60. The number of hydrazone groups is 1. The fourth-order valence-electron chi connectivity index (χ4n) is 3.60.